The van der Waals surface area contributed by atoms with E-state index in [9.17, 15) is 0 Å². The van der Waals surface area contributed by atoms with E-state index in [1.807, 2.05) is 36.5 Å². The molecular weight excluding hydrogens is 238 g/mol. The first kappa shape index (κ1) is 13.6. The number of anilines is 1. The monoisotopic (exact) mass is 261 g/mol. The molecule has 0 spiro atoms. The predicted octanol–water partition coefficient (Wildman–Crippen LogP) is 2.84. The van der Waals surface area contributed by atoms with E-state index in [1.165, 1.54) is 0 Å². The number of aryl methyl sites for hydroxylation is 2. The van der Waals surface area contributed by atoms with Gasteiger partial charge in [0.1, 0.15) is 5.69 Å². The van der Waals surface area contributed by atoms with Gasteiger partial charge in [-0.25, -0.2) is 0 Å². The predicted molar refractivity (Wildman–Crippen MR) is 77.9 cm³/mol. The fourth-order valence-electron chi connectivity index (χ4n) is 2.57. The second-order valence-electron chi connectivity index (χ2n) is 5.05. The Morgan fingerprint density at radius 2 is 1.84 bits per heavy atom. The zero-order chi connectivity index (χ0) is 14.2. The number of hydrogen-bond donors (Lipinski definition) is 1. The fourth-order valence-corrected chi connectivity index (χ4v) is 2.57. The molecule has 0 amide bonds. The molecule has 0 aromatic carbocycles. The van der Waals surface area contributed by atoms with Crippen LogP contribution >= 0.6 is 0 Å². The summed E-state index contributed by atoms with van der Waals surface area (Å²) in [5, 5.41) is 9.13. The third kappa shape index (κ3) is 2.25. The highest BCUT2D eigenvalue weighted by Crippen LogP contribution is 2.31. The molecule has 2 aromatic heterocycles. The minimum atomic E-state index is 0.410. The van der Waals surface area contributed by atoms with Crippen LogP contribution in [0.1, 0.15) is 44.1 Å². The van der Waals surface area contributed by atoms with Gasteiger partial charge < -0.3 is 5.73 Å². The summed E-state index contributed by atoms with van der Waals surface area (Å²) in [6, 6.07) is 0.410. The summed E-state index contributed by atoms with van der Waals surface area (Å²) in [6.07, 6.45) is 4.06. The molecule has 0 unspecified atom stereocenters. The van der Waals surface area contributed by atoms with Crippen LogP contribution in [0.4, 0.5) is 5.69 Å². The van der Waals surface area contributed by atoms with Crippen molar-refractivity contribution < 1.29 is 0 Å². The zero-order valence-electron chi connectivity index (χ0n) is 12.4. The second kappa shape index (κ2) is 5.07. The molecule has 2 rings (SSSR count). The zero-order valence-corrected chi connectivity index (χ0v) is 12.4. The molecule has 0 atom stereocenters. The van der Waals surface area contributed by atoms with Crippen molar-refractivity contribution in [3.63, 3.8) is 0 Å². The molecule has 0 saturated carbocycles. The maximum atomic E-state index is 6.15. The van der Waals surface area contributed by atoms with E-state index in [0.717, 1.165) is 41.2 Å². The van der Waals surface area contributed by atoms with Crippen LogP contribution in [0, 0.1) is 13.8 Å². The molecule has 2 aromatic rings. The first-order valence-corrected chi connectivity index (χ1v) is 6.84. The Labute approximate surface area is 114 Å². The SMILES string of the molecule is CCC(CC)n1cc(N)c(-c2c(C)nn(C)c2C)n1. The Balaban J connectivity index is 2.52. The molecule has 104 valence electrons. The topological polar surface area (TPSA) is 61.7 Å². The van der Waals surface area contributed by atoms with Crippen molar-refractivity contribution in [2.75, 3.05) is 5.73 Å². The van der Waals surface area contributed by atoms with Gasteiger partial charge in [-0.3, -0.25) is 9.36 Å². The molecule has 2 N–H and O–H groups in total. The molecule has 19 heavy (non-hydrogen) atoms. The lowest BCUT2D eigenvalue weighted by Crippen LogP contribution is -2.07. The Hall–Kier alpha value is -1.78. The van der Waals surface area contributed by atoms with E-state index in [1.54, 1.807) is 0 Å². The van der Waals surface area contributed by atoms with Gasteiger partial charge in [0.2, 0.25) is 0 Å². The number of aromatic nitrogens is 4. The van der Waals surface area contributed by atoms with Crippen molar-refractivity contribution in [1.82, 2.24) is 19.6 Å². The van der Waals surface area contributed by atoms with Crippen molar-refractivity contribution in [2.45, 2.75) is 46.6 Å². The van der Waals surface area contributed by atoms with Crippen LogP contribution in [0.25, 0.3) is 11.3 Å². The summed E-state index contributed by atoms with van der Waals surface area (Å²) in [6.45, 7) is 8.39. The lowest BCUT2D eigenvalue weighted by molar-refractivity contribution is 0.429. The Bertz CT molecular complexity index is 575. The van der Waals surface area contributed by atoms with E-state index in [0.29, 0.717) is 6.04 Å². The molecule has 5 nitrogen and oxygen atoms in total. The molecule has 0 saturated heterocycles. The van der Waals surface area contributed by atoms with Crippen LogP contribution in [0.2, 0.25) is 0 Å². The van der Waals surface area contributed by atoms with Gasteiger partial charge in [0.15, 0.2) is 0 Å². The van der Waals surface area contributed by atoms with Crippen LogP contribution in [0.5, 0.6) is 0 Å². The van der Waals surface area contributed by atoms with E-state index in [-0.39, 0.29) is 0 Å². The van der Waals surface area contributed by atoms with E-state index < -0.39 is 0 Å². The second-order valence-corrected chi connectivity index (χ2v) is 5.05. The molecule has 0 aliphatic rings. The van der Waals surface area contributed by atoms with Gasteiger partial charge in [0, 0.05) is 24.5 Å². The molecule has 0 bridgehead atoms. The van der Waals surface area contributed by atoms with Crippen LogP contribution in [0.3, 0.4) is 0 Å². The third-order valence-corrected chi connectivity index (χ3v) is 3.82. The highest BCUT2D eigenvalue weighted by Gasteiger charge is 2.19. The van der Waals surface area contributed by atoms with Gasteiger partial charge in [-0.2, -0.15) is 10.2 Å². The molecule has 0 fully saturated rings. The maximum Gasteiger partial charge on any atom is 0.119 e. The largest absolute Gasteiger partial charge is 0.396 e. The Morgan fingerprint density at radius 3 is 2.32 bits per heavy atom. The van der Waals surface area contributed by atoms with Gasteiger partial charge in [0.05, 0.1) is 17.4 Å². The first-order valence-electron chi connectivity index (χ1n) is 6.84. The van der Waals surface area contributed by atoms with Crippen molar-refractivity contribution in [3.05, 3.63) is 17.6 Å². The van der Waals surface area contributed by atoms with Crippen molar-refractivity contribution in [3.8, 4) is 11.3 Å². The van der Waals surface area contributed by atoms with Crippen LogP contribution < -0.4 is 5.73 Å². The third-order valence-electron chi connectivity index (χ3n) is 3.82. The van der Waals surface area contributed by atoms with Gasteiger partial charge in [0.25, 0.3) is 0 Å². The number of nitrogens with zero attached hydrogens (tertiary/aromatic N) is 4. The smallest absolute Gasteiger partial charge is 0.119 e. The van der Waals surface area contributed by atoms with Gasteiger partial charge >= 0.3 is 0 Å². The highest BCUT2D eigenvalue weighted by molar-refractivity contribution is 5.75. The van der Waals surface area contributed by atoms with Crippen molar-refractivity contribution in [2.24, 2.45) is 7.05 Å². The summed E-state index contributed by atoms with van der Waals surface area (Å²) < 4.78 is 3.87. The van der Waals surface area contributed by atoms with Gasteiger partial charge in [-0.05, 0) is 26.7 Å². The van der Waals surface area contributed by atoms with E-state index >= 15 is 0 Å². The molecule has 5 heteroatoms. The molecular formula is C14H23N5. The van der Waals surface area contributed by atoms with Crippen molar-refractivity contribution in [1.29, 1.82) is 0 Å². The lowest BCUT2D eigenvalue weighted by Gasteiger charge is -2.12. The summed E-state index contributed by atoms with van der Waals surface area (Å²) >= 11 is 0. The minimum Gasteiger partial charge on any atom is -0.396 e. The minimum absolute atomic E-state index is 0.410. The normalized spacial score (nSPS) is 11.5. The number of nitrogens with two attached hydrogens (primary N) is 1. The molecule has 0 aliphatic carbocycles. The standard InChI is InChI=1S/C14H23N5/c1-6-11(7-2)19-8-12(15)14(17-19)13-9(3)16-18(5)10(13)4/h8,11H,6-7,15H2,1-5H3. The molecule has 0 aliphatic heterocycles. The maximum absolute atomic E-state index is 6.15. The van der Waals surface area contributed by atoms with Gasteiger partial charge in [-0.15, -0.1) is 0 Å². The van der Waals surface area contributed by atoms with Crippen LogP contribution in [-0.4, -0.2) is 19.6 Å². The van der Waals surface area contributed by atoms with E-state index in [4.69, 9.17) is 10.8 Å². The highest BCUT2D eigenvalue weighted by atomic mass is 15.3. The Morgan fingerprint density at radius 1 is 1.21 bits per heavy atom. The van der Waals surface area contributed by atoms with E-state index in [2.05, 4.69) is 18.9 Å². The number of hydrogen-bond acceptors (Lipinski definition) is 3. The molecule has 2 heterocycles. The first-order chi connectivity index (χ1) is 8.99. The summed E-state index contributed by atoms with van der Waals surface area (Å²) in [4.78, 5) is 0. The van der Waals surface area contributed by atoms with Crippen LogP contribution in [-0.2, 0) is 7.05 Å². The van der Waals surface area contributed by atoms with Crippen molar-refractivity contribution >= 4 is 5.69 Å². The Kier molecular flexibility index (Phi) is 3.64. The number of nitrogen functional groups attached to an aromatic ring is 1. The quantitative estimate of drug-likeness (QED) is 0.920. The average molecular weight is 261 g/mol. The molecule has 0 radical (unpaired) electrons. The number of rotatable bonds is 4. The van der Waals surface area contributed by atoms with Crippen LogP contribution in [0.15, 0.2) is 6.20 Å². The summed E-state index contributed by atoms with van der Waals surface area (Å²) in [5.41, 5.74) is 10.9. The van der Waals surface area contributed by atoms with Gasteiger partial charge in [-0.1, -0.05) is 13.8 Å². The summed E-state index contributed by atoms with van der Waals surface area (Å²) in [5.74, 6) is 0. The lowest BCUT2D eigenvalue weighted by atomic mass is 10.1. The average Bonchev–Trinajstić information content (AvgIpc) is 2.83. The fraction of sp³-hybridized carbons (Fsp3) is 0.571. The summed E-state index contributed by atoms with van der Waals surface area (Å²) in [7, 11) is 1.94.